The van der Waals surface area contributed by atoms with E-state index < -0.39 is 0 Å². The van der Waals surface area contributed by atoms with Crippen molar-refractivity contribution in [1.82, 2.24) is 4.57 Å². The molecular weight excluding hydrogens is 665 g/mol. The summed E-state index contributed by atoms with van der Waals surface area (Å²) in [6.45, 7) is 4.70. The molecule has 0 bridgehead atoms. The molecule has 0 saturated carbocycles. The largest absolute Gasteiger partial charge is 0.310 e. The van der Waals surface area contributed by atoms with Gasteiger partial charge in [0.2, 0.25) is 0 Å². The molecule has 1 aliphatic carbocycles. The number of fused-ring (bicyclic) bond motifs is 4. The van der Waals surface area contributed by atoms with Crippen molar-refractivity contribution in [2.45, 2.75) is 19.3 Å². The van der Waals surface area contributed by atoms with Gasteiger partial charge in [-0.05, 0) is 121 Å². The molecule has 0 N–H and O–H groups in total. The van der Waals surface area contributed by atoms with Gasteiger partial charge in [0.1, 0.15) is 0 Å². The zero-order valence-electron chi connectivity index (χ0n) is 30.7. The summed E-state index contributed by atoms with van der Waals surface area (Å²) in [6.07, 6.45) is 0. The quantitative estimate of drug-likeness (QED) is 0.128. The normalized spacial score (nSPS) is 13.4. The van der Waals surface area contributed by atoms with Crippen LogP contribution >= 0.6 is 0 Å². The average molecular weight is 701 g/mol. The minimum Gasteiger partial charge on any atom is -0.310 e. The number of hydrogen-bond acceptors (Lipinski definition) is 1. The van der Waals surface area contributed by atoms with Crippen LogP contribution in [0, 0.1) is 0 Å². The molecule has 0 atom stereocenters. The highest BCUT2D eigenvalue weighted by Gasteiger charge is 2.35. The molecule has 0 radical (unpaired) electrons. The smallest absolute Gasteiger partial charge is 0.0548 e. The van der Waals surface area contributed by atoms with E-state index in [0.717, 1.165) is 17.1 Å². The van der Waals surface area contributed by atoms with Gasteiger partial charge in [0.05, 0.1) is 11.0 Å². The van der Waals surface area contributed by atoms with E-state index >= 15 is 0 Å². The van der Waals surface area contributed by atoms with E-state index in [9.17, 15) is 0 Å². The zero-order valence-corrected chi connectivity index (χ0v) is 30.7. The van der Waals surface area contributed by atoms with Crippen molar-refractivity contribution in [2.75, 3.05) is 4.90 Å². The van der Waals surface area contributed by atoms with Crippen LogP contribution < -0.4 is 4.90 Å². The lowest BCUT2D eigenvalue weighted by molar-refractivity contribution is 0.660. The monoisotopic (exact) mass is 700 g/mol. The molecule has 2 nitrogen and oxygen atoms in total. The molecule has 11 aromatic rings. The predicted molar refractivity (Wildman–Crippen MR) is 233 cm³/mol. The predicted octanol–water partition coefficient (Wildman–Crippen LogP) is 14.6. The van der Waals surface area contributed by atoms with Crippen LogP contribution in [0.3, 0.4) is 0 Å². The second kappa shape index (κ2) is 11.1. The minimum atomic E-state index is -0.0662. The lowest BCUT2D eigenvalue weighted by Gasteiger charge is -2.28. The molecule has 12 rings (SSSR count). The first kappa shape index (κ1) is 30.6. The van der Waals surface area contributed by atoms with Crippen LogP contribution in [-0.4, -0.2) is 4.57 Å². The van der Waals surface area contributed by atoms with Gasteiger partial charge in [0, 0.05) is 44.3 Å². The van der Waals surface area contributed by atoms with Gasteiger partial charge in [-0.3, -0.25) is 0 Å². The molecule has 1 aromatic heterocycles. The van der Waals surface area contributed by atoms with Crippen LogP contribution in [0.25, 0.3) is 82.1 Å². The molecule has 55 heavy (non-hydrogen) atoms. The molecule has 0 fully saturated rings. The first-order chi connectivity index (χ1) is 27.0. The van der Waals surface area contributed by atoms with E-state index in [1.165, 1.54) is 93.2 Å². The Morgan fingerprint density at radius 1 is 0.400 bits per heavy atom. The number of aromatic nitrogens is 1. The summed E-state index contributed by atoms with van der Waals surface area (Å²) < 4.78 is 2.46. The lowest BCUT2D eigenvalue weighted by Crippen LogP contribution is -2.16. The molecule has 1 aliphatic rings. The topological polar surface area (TPSA) is 8.17 Å². The summed E-state index contributed by atoms with van der Waals surface area (Å²) in [6, 6.07) is 67.4. The summed E-state index contributed by atoms with van der Waals surface area (Å²) in [7, 11) is 0. The lowest BCUT2D eigenvalue weighted by atomic mass is 9.82. The van der Waals surface area contributed by atoms with Crippen LogP contribution in [0.5, 0.6) is 0 Å². The van der Waals surface area contributed by atoms with Gasteiger partial charge in [0.25, 0.3) is 0 Å². The highest BCUT2D eigenvalue weighted by Crippen LogP contribution is 2.51. The fraction of sp³-hybridized carbons (Fsp3) is 0.0566. The van der Waals surface area contributed by atoms with Gasteiger partial charge >= 0.3 is 0 Å². The fourth-order valence-electron chi connectivity index (χ4n) is 9.93. The van der Waals surface area contributed by atoms with Crippen molar-refractivity contribution >= 4 is 71.2 Å². The average Bonchev–Trinajstić information content (AvgIpc) is 3.70. The van der Waals surface area contributed by atoms with Gasteiger partial charge in [-0.15, -0.1) is 0 Å². The first-order valence-electron chi connectivity index (χ1n) is 19.3. The zero-order chi connectivity index (χ0) is 36.4. The summed E-state index contributed by atoms with van der Waals surface area (Å²) in [5.74, 6) is 0. The Morgan fingerprint density at radius 3 is 1.80 bits per heavy atom. The third kappa shape index (κ3) is 4.20. The van der Waals surface area contributed by atoms with Gasteiger partial charge in [-0.2, -0.15) is 0 Å². The number of rotatable bonds is 5. The van der Waals surface area contributed by atoms with E-state index in [1.54, 1.807) is 0 Å². The maximum atomic E-state index is 2.46. The van der Waals surface area contributed by atoms with Gasteiger partial charge < -0.3 is 9.47 Å². The van der Waals surface area contributed by atoms with Gasteiger partial charge in [0.15, 0.2) is 0 Å². The van der Waals surface area contributed by atoms with Crippen LogP contribution in [0.1, 0.15) is 25.0 Å². The van der Waals surface area contributed by atoms with E-state index in [0.29, 0.717) is 0 Å². The maximum absolute atomic E-state index is 2.46. The Labute approximate surface area is 319 Å². The van der Waals surface area contributed by atoms with E-state index in [4.69, 9.17) is 0 Å². The molecular formula is C53H36N2. The summed E-state index contributed by atoms with van der Waals surface area (Å²) in [5, 5.41) is 10.7. The number of benzene rings is 10. The molecule has 2 heteroatoms. The summed E-state index contributed by atoms with van der Waals surface area (Å²) in [4.78, 5) is 2.38. The van der Waals surface area contributed by atoms with Crippen LogP contribution in [0.2, 0.25) is 0 Å². The van der Waals surface area contributed by atoms with Crippen molar-refractivity contribution in [3.63, 3.8) is 0 Å². The molecule has 0 spiro atoms. The van der Waals surface area contributed by atoms with Gasteiger partial charge in [-0.25, -0.2) is 0 Å². The second-order valence-electron chi connectivity index (χ2n) is 15.7. The highest BCUT2D eigenvalue weighted by atomic mass is 15.1. The molecule has 0 unspecified atom stereocenters. The minimum absolute atomic E-state index is 0.0662. The molecule has 0 amide bonds. The second-order valence-corrected chi connectivity index (χ2v) is 15.7. The van der Waals surface area contributed by atoms with Crippen molar-refractivity contribution < 1.29 is 0 Å². The van der Waals surface area contributed by atoms with Crippen molar-refractivity contribution in [1.29, 1.82) is 0 Å². The number of nitrogens with zero attached hydrogens (tertiary/aromatic N) is 2. The molecule has 258 valence electrons. The highest BCUT2D eigenvalue weighted by molar-refractivity contribution is 6.40. The Morgan fingerprint density at radius 2 is 1.00 bits per heavy atom. The van der Waals surface area contributed by atoms with Crippen LogP contribution in [0.4, 0.5) is 17.1 Å². The number of para-hydroxylation sites is 1. The Balaban J connectivity index is 0.936. The van der Waals surface area contributed by atoms with Crippen LogP contribution in [0.15, 0.2) is 182 Å². The van der Waals surface area contributed by atoms with E-state index in [1.807, 2.05) is 0 Å². The Hall–Kier alpha value is -6.90. The SMILES string of the molecule is CC1(C)c2ccccc2-c2ccc(N(c3ccccc3)c3ccc(-c4ccc(-n5c6cccc7c8cccc9ccc%10ccc5c(c%10c98)c76)cc4)cc3)cc21. The van der Waals surface area contributed by atoms with Crippen LogP contribution in [-0.2, 0) is 5.41 Å². The van der Waals surface area contributed by atoms with Gasteiger partial charge in [-0.1, -0.05) is 135 Å². The van der Waals surface area contributed by atoms with E-state index in [2.05, 4.69) is 205 Å². The number of anilines is 3. The molecule has 0 aliphatic heterocycles. The van der Waals surface area contributed by atoms with Crippen molar-refractivity contribution in [2.24, 2.45) is 0 Å². The molecule has 0 saturated heterocycles. The molecule has 10 aromatic carbocycles. The van der Waals surface area contributed by atoms with Crippen molar-refractivity contribution in [3.8, 4) is 27.9 Å². The first-order valence-corrected chi connectivity index (χ1v) is 19.3. The fourth-order valence-corrected chi connectivity index (χ4v) is 9.93. The maximum Gasteiger partial charge on any atom is 0.0548 e. The summed E-state index contributed by atoms with van der Waals surface area (Å²) >= 11 is 0. The standard InChI is InChI=1S/C53H36N2/c1-53(2)45-16-7-6-13-41(45)42-30-29-40(32-46(42)53)54(37-11-4-3-5-12-37)38-25-20-33(21-26-38)34-22-27-39(28-23-34)55-47-17-9-15-44-43-14-8-10-35-18-19-36-24-31-48(55)52(51(44)47)50(36)49(35)43/h3-32H,1-2H3. The number of hydrogen-bond donors (Lipinski definition) is 0. The third-order valence-corrected chi connectivity index (χ3v) is 12.5. The van der Waals surface area contributed by atoms with Crippen molar-refractivity contribution in [3.05, 3.63) is 193 Å². The summed E-state index contributed by atoms with van der Waals surface area (Å²) in [5.41, 5.74) is 14.9. The van der Waals surface area contributed by atoms with E-state index in [-0.39, 0.29) is 5.41 Å². The Kier molecular flexibility index (Phi) is 6.15. The molecule has 1 heterocycles. The third-order valence-electron chi connectivity index (χ3n) is 12.5. The Bertz CT molecular complexity index is 3260.